The second-order valence-electron chi connectivity index (χ2n) is 5.09. The molecule has 1 aliphatic rings. The molecule has 0 spiro atoms. The molecule has 0 bridgehead atoms. The van der Waals surface area contributed by atoms with Gasteiger partial charge >= 0.3 is 0 Å². The van der Waals surface area contributed by atoms with Crippen LogP contribution in [0.4, 0.5) is 5.69 Å². The first-order chi connectivity index (χ1) is 9.63. The molecule has 1 saturated carbocycles. The molecule has 2 rings (SSSR count). The highest BCUT2D eigenvalue weighted by molar-refractivity contribution is 6.18. The van der Waals surface area contributed by atoms with Crippen LogP contribution in [0.3, 0.4) is 0 Å². The molecule has 0 aromatic heterocycles. The van der Waals surface area contributed by atoms with E-state index in [4.69, 9.17) is 11.6 Å². The van der Waals surface area contributed by atoms with Gasteiger partial charge in [0.05, 0.1) is 4.92 Å². The molecule has 6 heteroatoms. The maximum absolute atomic E-state index is 12.1. The number of hydrogen-bond donors (Lipinski definition) is 1. The van der Waals surface area contributed by atoms with Crippen LogP contribution < -0.4 is 5.32 Å². The number of halogens is 1. The quantitative estimate of drug-likeness (QED) is 0.516. The predicted molar refractivity (Wildman–Crippen MR) is 77.0 cm³/mol. The van der Waals surface area contributed by atoms with Gasteiger partial charge in [-0.3, -0.25) is 14.9 Å². The Kier molecular flexibility index (Phi) is 4.95. The molecule has 1 aliphatic carbocycles. The van der Waals surface area contributed by atoms with Gasteiger partial charge in [0.25, 0.3) is 11.6 Å². The Balaban J connectivity index is 2.00. The van der Waals surface area contributed by atoms with Gasteiger partial charge in [0.15, 0.2) is 0 Å². The summed E-state index contributed by atoms with van der Waals surface area (Å²) in [6.07, 6.45) is 3.27. The molecule has 0 aliphatic heterocycles. The Morgan fingerprint density at radius 3 is 2.75 bits per heavy atom. The molecule has 1 aromatic rings. The summed E-state index contributed by atoms with van der Waals surface area (Å²) in [7, 11) is 0. The summed E-state index contributed by atoms with van der Waals surface area (Å²) >= 11 is 5.90. The number of nitrogens with one attached hydrogen (secondary N) is 1. The SMILES string of the molecule is O=C(NCC1CCCC1CCl)c1ccccc1[N+](=O)[O-]. The van der Waals surface area contributed by atoms with Crippen molar-refractivity contribution in [2.24, 2.45) is 11.8 Å². The van der Waals surface area contributed by atoms with Crippen LogP contribution in [-0.2, 0) is 0 Å². The van der Waals surface area contributed by atoms with Crippen LogP contribution in [-0.4, -0.2) is 23.3 Å². The van der Waals surface area contributed by atoms with Crippen molar-refractivity contribution < 1.29 is 9.72 Å². The molecule has 0 saturated heterocycles. The van der Waals surface area contributed by atoms with E-state index in [1.165, 1.54) is 12.1 Å². The number of hydrogen-bond acceptors (Lipinski definition) is 3. The first-order valence-electron chi connectivity index (χ1n) is 6.71. The van der Waals surface area contributed by atoms with Crippen molar-refractivity contribution in [3.8, 4) is 0 Å². The third-order valence-corrected chi connectivity index (χ3v) is 4.28. The van der Waals surface area contributed by atoms with E-state index in [1.54, 1.807) is 12.1 Å². The van der Waals surface area contributed by atoms with E-state index in [1.807, 2.05) is 0 Å². The second-order valence-corrected chi connectivity index (χ2v) is 5.40. The van der Waals surface area contributed by atoms with Gasteiger partial charge in [0.1, 0.15) is 5.56 Å². The Morgan fingerprint density at radius 2 is 2.05 bits per heavy atom. The standard InChI is InChI=1S/C14H17ClN2O3/c15-8-10-4-3-5-11(10)9-16-14(18)12-6-1-2-7-13(12)17(19)20/h1-2,6-7,10-11H,3-5,8-9H2,(H,16,18). The third kappa shape index (κ3) is 3.28. The van der Waals surface area contributed by atoms with Crippen LogP contribution >= 0.6 is 11.6 Å². The van der Waals surface area contributed by atoms with E-state index in [2.05, 4.69) is 5.32 Å². The molecule has 1 amide bonds. The summed E-state index contributed by atoms with van der Waals surface area (Å²) in [5, 5.41) is 13.7. The molecule has 5 nitrogen and oxygen atoms in total. The zero-order valence-electron chi connectivity index (χ0n) is 11.0. The Bertz CT molecular complexity index is 507. The molecule has 1 fully saturated rings. The molecule has 2 atom stereocenters. The average molecular weight is 297 g/mol. The number of benzene rings is 1. The smallest absolute Gasteiger partial charge is 0.282 e. The second kappa shape index (κ2) is 6.70. The van der Waals surface area contributed by atoms with Crippen LogP contribution in [0.15, 0.2) is 24.3 Å². The third-order valence-electron chi connectivity index (χ3n) is 3.88. The largest absolute Gasteiger partial charge is 0.352 e. The van der Waals surface area contributed by atoms with Crippen molar-refractivity contribution in [1.82, 2.24) is 5.32 Å². The normalized spacial score (nSPS) is 21.6. The number of para-hydroxylation sites is 1. The fraction of sp³-hybridized carbons (Fsp3) is 0.500. The van der Waals surface area contributed by atoms with Crippen molar-refractivity contribution in [2.75, 3.05) is 12.4 Å². The summed E-state index contributed by atoms with van der Waals surface area (Å²) in [6, 6.07) is 5.99. The van der Waals surface area contributed by atoms with E-state index >= 15 is 0 Å². The maximum atomic E-state index is 12.1. The number of amides is 1. The zero-order valence-corrected chi connectivity index (χ0v) is 11.8. The molecular formula is C14H17ClN2O3. The van der Waals surface area contributed by atoms with Gasteiger partial charge in [-0.05, 0) is 30.7 Å². The molecule has 108 valence electrons. The first-order valence-corrected chi connectivity index (χ1v) is 7.24. The predicted octanol–water partition coefficient (Wildman–Crippen LogP) is 2.98. The van der Waals surface area contributed by atoms with E-state index < -0.39 is 10.8 Å². The minimum absolute atomic E-state index is 0.109. The molecule has 1 N–H and O–H groups in total. The van der Waals surface area contributed by atoms with Crippen molar-refractivity contribution in [3.63, 3.8) is 0 Å². The van der Waals surface area contributed by atoms with Crippen LogP contribution in [0.1, 0.15) is 29.6 Å². The van der Waals surface area contributed by atoms with Gasteiger partial charge in [0, 0.05) is 18.5 Å². The minimum atomic E-state index is -0.536. The molecule has 1 aromatic carbocycles. The van der Waals surface area contributed by atoms with Gasteiger partial charge in [-0.15, -0.1) is 11.6 Å². The van der Waals surface area contributed by atoms with Crippen LogP contribution in [0.2, 0.25) is 0 Å². The van der Waals surface area contributed by atoms with Gasteiger partial charge in [0.2, 0.25) is 0 Å². The number of nitro groups is 1. The van der Waals surface area contributed by atoms with Crippen LogP contribution in [0.25, 0.3) is 0 Å². The lowest BCUT2D eigenvalue weighted by Crippen LogP contribution is -2.31. The maximum Gasteiger partial charge on any atom is 0.282 e. The Morgan fingerprint density at radius 1 is 1.35 bits per heavy atom. The highest BCUT2D eigenvalue weighted by Gasteiger charge is 2.27. The van der Waals surface area contributed by atoms with E-state index in [9.17, 15) is 14.9 Å². The molecule has 0 heterocycles. The number of carbonyl (C=O) groups is 1. The molecule has 20 heavy (non-hydrogen) atoms. The number of carbonyl (C=O) groups excluding carboxylic acids is 1. The monoisotopic (exact) mass is 296 g/mol. The van der Waals surface area contributed by atoms with E-state index in [-0.39, 0.29) is 11.3 Å². The fourth-order valence-electron chi connectivity index (χ4n) is 2.73. The Labute approximate surface area is 122 Å². The first kappa shape index (κ1) is 14.8. The van der Waals surface area contributed by atoms with Gasteiger partial charge < -0.3 is 5.32 Å². The fourth-order valence-corrected chi connectivity index (χ4v) is 3.14. The summed E-state index contributed by atoms with van der Waals surface area (Å²) in [5.41, 5.74) is -0.0526. The number of alkyl halides is 1. The topological polar surface area (TPSA) is 72.2 Å². The lowest BCUT2D eigenvalue weighted by atomic mass is 9.98. The Hall–Kier alpha value is -1.62. The van der Waals surface area contributed by atoms with Crippen molar-refractivity contribution in [1.29, 1.82) is 0 Å². The van der Waals surface area contributed by atoms with E-state index in [0.29, 0.717) is 24.3 Å². The lowest BCUT2D eigenvalue weighted by molar-refractivity contribution is -0.385. The number of rotatable bonds is 5. The summed E-state index contributed by atoms with van der Waals surface area (Å²) < 4.78 is 0. The minimum Gasteiger partial charge on any atom is -0.352 e. The number of nitrogens with zero attached hydrogens (tertiary/aromatic N) is 1. The highest BCUT2D eigenvalue weighted by atomic mass is 35.5. The molecule has 2 unspecified atom stereocenters. The van der Waals surface area contributed by atoms with E-state index in [0.717, 1.165) is 19.3 Å². The average Bonchev–Trinajstić information content (AvgIpc) is 2.92. The van der Waals surface area contributed by atoms with Crippen molar-refractivity contribution in [3.05, 3.63) is 39.9 Å². The van der Waals surface area contributed by atoms with Crippen molar-refractivity contribution in [2.45, 2.75) is 19.3 Å². The van der Waals surface area contributed by atoms with Gasteiger partial charge in [-0.25, -0.2) is 0 Å². The van der Waals surface area contributed by atoms with Crippen LogP contribution in [0, 0.1) is 22.0 Å². The highest BCUT2D eigenvalue weighted by Crippen LogP contribution is 2.32. The van der Waals surface area contributed by atoms with Gasteiger partial charge in [-0.1, -0.05) is 18.6 Å². The molecular weight excluding hydrogens is 280 g/mol. The summed E-state index contributed by atoms with van der Waals surface area (Å²) in [4.78, 5) is 22.4. The van der Waals surface area contributed by atoms with Gasteiger partial charge in [-0.2, -0.15) is 0 Å². The van der Waals surface area contributed by atoms with Crippen LogP contribution in [0.5, 0.6) is 0 Å². The summed E-state index contributed by atoms with van der Waals surface area (Å²) in [5.74, 6) is 1.02. The lowest BCUT2D eigenvalue weighted by Gasteiger charge is -2.17. The molecule has 0 radical (unpaired) electrons. The number of nitro benzene ring substituents is 1. The van der Waals surface area contributed by atoms with Crippen molar-refractivity contribution >= 4 is 23.2 Å². The zero-order chi connectivity index (χ0) is 14.5. The summed E-state index contributed by atoms with van der Waals surface area (Å²) in [6.45, 7) is 0.530.